The molecule has 0 saturated carbocycles. The predicted molar refractivity (Wildman–Crippen MR) is 85.9 cm³/mol. The summed E-state index contributed by atoms with van der Waals surface area (Å²) in [5, 5.41) is 8.39. The fourth-order valence-electron chi connectivity index (χ4n) is 3.32. The highest BCUT2D eigenvalue weighted by molar-refractivity contribution is 6.35. The lowest BCUT2D eigenvalue weighted by Gasteiger charge is -2.45. The number of nitrogens with zero attached hydrogens (tertiary/aromatic N) is 1. The van der Waals surface area contributed by atoms with E-state index < -0.39 is 0 Å². The molecule has 0 radical (unpaired) electrons. The molecule has 5 heteroatoms. The van der Waals surface area contributed by atoms with Gasteiger partial charge in [0.25, 0.3) is 0 Å². The molecule has 1 aromatic rings. The number of anilines is 1. The second kappa shape index (κ2) is 6.52. The summed E-state index contributed by atoms with van der Waals surface area (Å²) in [6.07, 6.45) is 2.71. The van der Waals surface area contributed by atoms with Crippen LogP contribution < -0.4 is 10.6 Å². The summed E-state index contributed by atoms with van der Waals surface area (Å²) in [6, 6.07) is 6.23. The van der Waals surface area contributed by atoms with Crippen molar-refractivity contribution < 1.29 is 0 Å². The van der Waals surface area contributed by atoms with Gasteiger partial charge < -0.3 is 15.5 Å². The zero-order valence-corrected chi connectivity index (χ0v) is 13.1. The van der Waals surface area contributed by atoms with Gasteiger partial charge in [-0.2, -0.15) is 0 Å². The first-order valence-electron chi connectivity index (χ1n) is 7.36. The van der Waals surface area contributed by atoms with Gasteiger partial charge in [0.05, 0.1) is 0 Å². The Bertz CT molecular complexity index is 438. The van der Waals surface area contributed by atoms with Crippen molar-refractivity contribution in [1.82, 2.24) is 10.2 Å². The van der Waals surface area contributed by atoms with Crippen LogP contribution in [0.15, 0.2) is 18.2 Å². The molecule has 0 aromatic heterocycles. The SMILES string of the molecule is Clc1cc(Cl)cc(NCCNC2CN3CCC2CC3)c1. The summed E-state index contributed by atoms with van der Waals surface area (Å²) in [5.41, 5.74) is 0.984. The van der Waals surface area contributed by atoms with Gasteiger partial charge in [0, 0.05) is 41.4 Å². The first-order valence-corrected chi connectivity index (χ1v) is 8.12. The standard InChI is InChI=1S/C15H21Cl2N3/c16-12-7-13(17)9-14(8-12)18-3-4-19-15-10-20-5-1-11(15)2-6-20/h7-9,11,15,18-19H,1-6,10H2. The normalized spacial score (nSPS) is 28.6. The molecule has 3 heterocycles. The van der Waals surface area contributed by atoms with Crippen LogP contribution in [0.3, 0.4) is 0 Å². The average Bonchev–Trinajstić information content (AvgIpc) is 2.44. The van der Waals surface area contributed by atoms with Crippen LogP contribution in [-0.4, -0.2) is 43.7 Å². The number of halogens is 2. The van der Waals surface area contributed by atoms with Crippen LogP contribution in [0.25, 0.3) is 0 Å². The lowest BCUT2D eigenvalue weighted by atomic mass is 9.84. The Balaban J connectivity index is 1.42. The monoisotopic (exact) mass is 313 g/mol. The highest BCUT2D eigenvalue weighted by Crippen LogP contribution is 2.27. The maximum atomic E-state index is 5.98. The Labute approximate surface area is 130 Å². The lowest BCUT2D eigenvalue weighted by Crippen LogP contribution is -2.56. The Morgan fingerprint density at radius 1 is 1.05 bits per heavy atom. The summed E-state index contributed by atoms with van der Waals surface area (Å²) in [7, 11) is 0. The van der Waals surface area contributed by atoms with Gasteiger partial charge in [-0.25, -0.2) is 0 Å². The molecule has 3 aliphatic heterocycles. The summed E-state index contributed by atoms with van der Waals surface area (Å²) in [4.78, 5) is 2.57. The van der Waals surface area contributed by atoms with Crippen molar-refractivity contribution in [1.29, 1.82) is 0 Å². The van der Waals surface area contributed by atoms with Gasteiger partial charge in [-0.3, -0.25) is 0 Å². The van der Waals surface area contributed by atoms with Gasteiger partial charge in [0.2, 0.25) is 0 Å². The molecular formula is C15H21Cl2N3. The fourth-order valence-corrected chi connectivity index (χ4v) is 3.84. The third-order valence-corrected chi connectivity index (χ3v) is 4.82. The molecule has 0 aliphatic carbocycles. The minimum Gasteiger partial charge on any atom is -0.384 e. The van der Waals surface area contributed by atoms with Crippen LogP contribution in [0.1, 0.15) is 12.8 Å². The second-order valence-electron chi connectivity index (χ2n) is 5.78. The summed E-state index contributed by atoms with van der Waals surface area (Å²) in [5.74, 6) is 0.876. The Morgan fingerprint density at radius 2 is 1.75 bits per heavy atom. The van der Waals surface area contributed by atoms with Crippen molar-refractivity contribution in [3.63, 3.8) is 0 Å². The second-order valence-corrected chi connectivity index (χ2v) is 6.66. The maximum Gasteiger partial charge on any atom is 0.0441 e. The molecule has 3 fully saturated rings. The molecule has 2 bridgehead atoms. The van der Waals surface area contributed by atoms with Gasteiger partial charge in [-0.1, -0.05) is 23.2 Å². The number of hydrogen-bond donors (Lipinski definition) is 2. The molecule has 110 valence electrons. The van der Waals surface area contributed by atoms with E-state index in [-0.39, 0.29) is 0 Å². The number of nitrogens with one attached hydrogen (secondary N) is 2. The van der Waals surface area contributed by atoms with Crippen LogP contribution in [0.5, 0.6) is 0 Å². The van der Waals surface area contributed by atoms with Crippen LogP contribution in [0, 0.1) is 5.92 Å². The first-order chi connectivity index (χ1) is 9.70. The van der Waals surface area contributed by atoms with E-state index in [9.17, 15) is 0 Å². The zero-order chi connectivity index (χ0) is 13.9. The van der Waals surface area contributed by atoms with Crippen molar-refractivity contribution in [3.8, 4) is 0 Å². The zero-order valence-electron chi connectivity index (χ0n) is 11.5. The van der Waals surface area contributed by atoms with E-state index in [0.29, 0.717) is 16.1 Å². The molecule has 1 aromatic carbocycles. The van der Waals surface area contributed by atoms with Crippen LogP contribution in [0.4, 0.5) is 5.69 Å². The highest BCUT2D eigenvalue weighted by Gasteiger charge is 2.33. The average molecular weight is 314 g/mol. The summed E-state index contributed by atoms with van der Waals surface area (Å²) in [6.45, 7) is 5.66. The van der Waals surface area contributed by atoms with Crippen molar-refractivity contribution in [2.24, 2.45) is 5.92 Å². The minimum absolute atomic E-state index is 0.669. The van der Waals surface area contributed by atoms with Gasteiger partial charge in [-0.15, -0.1) is 0 Å². The molecule has 4 rings (SSSR count). The number of fused-ring (bicyclic) bond motifs is 3. The molecule has 0 spiro atoms. The highest BCUT2D eigenvalue weighted by atomic mass is 35.5. The molecule has 2 N–H and O–H groups in total. The first kappa shape index (κ1) is 14.5. The minimum atomic E-state index is 0.669. The van der Waals surface area contributed by atoms with Gasteiger partial charge >= 0.3 is 0 Å². The molecule has 3 saturated heterocycles. The van der Waals surface area contributed by atoms with Crippen molar-refractivity contribution in [3.05, 3.63) is 28.2 Å². The Hall–Kier alpha value is -0.480. The largest absolute Gasteiger partial charge is 0.384 e. The summed E-state index contributed by atoms with van der Waals surface area (Å²) >= 11 is 12.0. The van der Waals surface area contributed by atoms with E-state index in [4.69, 9.17) is 23.2 Å². The van der Waals surface area contributed by atoms with Crippen molar-refractivity contribution >= 4 is 28.9 Å². The smallest absolute Gasteiger partial charge is 0.0441 e. The van der Waals surface area contributed by atoms with Crippen LogP contribution in [0.2, 0.25) is 10.0 Å². The molecule has 1 atom stereocenters. The molecule has 3 aliphatic rings. The van der Waals surface area contributed by atoms with E-state index in [0.717, 1.165) is 24.7 Å². The molecule has 0 amide bonds. The lowest BCUT2D eigenvalue weighted by molar-refractivity contribution is 0.0735. The van der Waals surface area contributed by atoms with Gasteiger partial charge in [0.1, 0.15) is 0 Å². The number of benzene rings is 1. The van der Waals surface area contributed by atoms with Crippen molar-refractivity contribution in [2.75, 3.05) is 38.0 Å². The van der Waals surface area contributed by atoms with Crippen LogP contribution >= 0.6 is 23.2 Å². The molecular weight excluding hydrogens is 293 g/mol. The van der Waals surface area contributed by atoms with Crippen molar-refractivity contribution in [2.45, 2.75) is 18.9 Å². The predicted octanol–water partition coefficient (Wildman–Crippen LogP) is 3.09. The third kappa shape index (κ3) is 3.59. The summed E-state index contributed by atoms with van der Waals surface area (Å²) < 4.78 is 0. The van der Waals surface area contributed by atoms with Gasteiger partial charge in [-0.05, 0) is 50.0 Å². The van der Waals surface area contributed by atoms with E-state index in [1.165, 1.54) is 32.5 Å². The van der Waals surface area contributed by atoms with E-state index in [1.807, 2.05) is 12.1 Å². The van der Waals surface area contributed by atoms with Crippen LogP contribution in [-0.2, 0) is 0 Å². The quantitative estimate of drug-likeness (QED) is 0.818. The maximum absolute atomic E-state index is 5.98. The Kier molecular flexibility index (Phi) is 4.72. The number of hydrogen-bond acceptors (Lipinski definition) is 3. The molecule has 3 nitrogen and oxygen atoms in total. The van der Waals surface area contributed by atoms with Gasteiger partial charge in [0.15, 0.2) is 0 Å². The fraction of sp³-hybridized carbons (Fsp3) is 0.600. The third-order valence-electron chi connectivity index (χ3n) is 4.38. The van der Waals surface area contributed by atoms with E-state index >= 15 is 0 Å². The Morgan fingerprint density at radius 3 is 2.35 bits per heavy atom. The number of rotatable bonds is 5. The molecule has 20 heavy (non-hydrogen) atoms. The topological polar surface area (TPSA) is 27.3 Å². The van der Waals surface area contributed by atoms with E-state index in [2.05, 4.69) is 15.5 Å². The molecule has 1 unspecified atom stereocenters. The number of piperidine rings is 3. The van der Waals surface area contributed by atoms with E-state index in [1.54, 1.807) is 6.07 Å².